The molecule has 4 N–H and O–H groups in total. The molecule has 0 saturated carbocycles. The average molecular weight is 597 g/mol. The highest BCUT2D eigenvalue weighted by Gasteiger charge is 2.29. The number of benzene rings is 2. The summed E-state index contributed by atoms with van der Waals surface area (Å²) in [6.45, 7) is 3.95. The topological polar surface area (TPSA) is 133 Å². The molecule has 2 fully saturated rings. The fourth-order valence-corrected chi connectivity index (χ4v) is 6.36. The lowest BCUT2D eigenvalue weighted by atomic mass is 10.0. The van der Waals surface area contributed by atoms with E-state index in [0.717, 1.165) is 60.1 Å². The molecule has 0 radical (unpaired) electrons. The van der Waals surface area contributed by atoms with Crippen LogP contribution in [0.5, 0.6) is 0 Å². The average Bonchev–Trinajstić information content (AvgIpc) is 3.69. The Balaban J connectivity index is 1.07. The molecular weight excluding hydrogens is 556 g/mol. The number of aliphatic hydroxyl groups is 1. The predicted octanol–water partition coefficient (Wildman–Crippen LogP) is 2.75. The van der Waals surface area contributed by atoms with Crippen LogP contribution in [0.4, 0.5) is 11.5 Å². The number of likely N-dealkylation sites (tertiary alicyclic amines) is 2. The third kappa shape index (κ3) is 6.24. The van der Waals surface area contributed by atoms with Gasteiger partial charge in [-0.15, -0.1) is 0 Å². The molecule has 2 saturated heterocycles. The molecule has 0 aliphatic carbocycles. The van der Waals surface area contributed by atoms with Gasteiger partial charge in [-0.1, -0.05) is 12.1 Å². The molecule has 2 aliphatic heterocycles. The number of piperidine rings is 1. The summed E-state index contributed by atoms with van der Waals surface area (Å²) in [5.41, 5.74) is 9.77. The number of β-amino-alcohol motifs (C(OH)–C–C–N with tert-alkyl or cyclic N) is 1. The molecule has 0 bridgehead atoms. The van der Waals surface area contributed by atoms with Crippen LogP contribution < -0.4 is 16.0 Å². The minimum Gasteiger partial charge on any atom is -0.395 e. The lowest BCUT2D eigenvalue weighted by molar-refractivity contribution is 0.0783. The van der Waals surface area contributed by atoms with Crippen molar-refractivity contribution in [2.45, 2.75) is 31.3 Å². The van der Waals surface area contributed by atoms with E-state index in [0.29, 0.717) is 36.7 Å². The van der Waals surface area contributed by atoms with Crippen molar-refractivity contribution in [2.24, 2.45) is 7.05 Å². The highest BCUT2D eigenvalue weighted by atomic mass is 16.3. The molecule has 0 unspecified atom stereocenters. The number of aryl methyl sites for hydroxylation is 1. The summed E-state index contributed by atoms with van der Waals surface area (Å²) < 4.78 is 1.69. The van der Waals surface area contributed by atoms with Crippen molar-refractivity contribution in [1.82, 2.24) is 29.9 Å². The number of carbonyl (C=O) groups excluding carboxylic acids is 2. The number of hydrogen-bond acceptors (Lipinski definition) is 8. The summed E-state index contributed by atoms with van der Waals surface area (Å²) in [5.74, 6) is -0.184. The predicted molar refractivity (Wildman–Crippen MR) is 172 cm³/mol. The first kappa shape index (κ1) is 29.6. The van der Waals surface area contributed by atoms with Gasteiger partial charge in [0.05, 0.1) is 18.4 Å². The second-order valence-corrected chi connectivity index (χ2v) is 11.9. The van der Waals surface area contributed by atoms with E-state index in [2.05, 4.69) is 50.4 Å². The zero-order valence-electron chi connectivity index (χ0n) is 25.3. The number of aromatic nitrogens is 3. The first-order chi connectivity index (χ1) is 21.3. The number of hydrogen-bond donors (Lipinski definition) is 3. The number of nitrogens with one attached hydrogen (secondary N) is 1. The van der Waals surface area contributed by atoms with E-state index < -0.39 is 0 Å². The minimum atomic E-state index is -0.303. The SMILES string of the molecule is CN(c1ccc2cc(C(=O)N3CC[C@@H](NC(=O)c4cc(-c5cnn(C)c5)cnc4N)C3)ccc2c1)C1CCN(CCO)CC1. The van der Waals surface area contributed by atoms with Crippen molar-refractivity contribution in [2.75, 3.05) is 57.0 Å². The van der Waals surface area contributed by atoms with Crippen molar-refractivity contribution in [3.8, 4) is 11.1 Å². The second kappa shape index (κ2) is 12.6. The monoisotopic (exact) mass is 596 g/mol. The number of nitrogen functional groups attached to an aromatic ring is 1. The van der Waals surface area contributed by atoms with Crippen LogP contribution in [0, 0.1) is 0 Å². The van der Waals surface area contributed by atoms with Crippen LogP contribution in [0.2, 0.25) is 0 Å². The van der Waals surface area contributed by atoms with Gasteiger partial charge < -0.3 is 30.9 Å². The number of pyridine rings is 1. The van der Waals surface area contributed by atoms with Crippen molar-refractivity contribution in [3.05, 3.63) is 72.2 Å². The van der Waals surface area contributed by atoms with E-state index in [1.54, 1.807) is 28.0 Å². The Morgan fingerprint density at radius 2 is 1.80 bits per heavy atom. The van der Waals surface area contributed by atoms with E-state index in [-0.39, 0.29) is 30.3 Å². The summed E-state index contributed by atoms with van der Waals surface area (Å²) in [7, 11) is 3.98. The Labute approximate surface area is 257 Å². The molecule has 2 aromatic heterocycles. The summed E-state index contributed by atoms with van der Waals surface area (Å²) in [4.78, 5) is 37.3. The molecule has 4 aromatic rings. The molecule has 2 amide bonds. The lowest BCUT2D eigenvalue weighted by Crippen LogP contribution is -2.44. The zero-order chi connectivity index (χ0) is 30.8. The lowest BCUT2D eigenvalue weighted by Gasteiger charge is -2.37. The molecule has 2 aliphatic rings. The summed E-state index contributed by atoms with van der Waals surface area (Å²) in [5, 5.41) is 18.6. The second-order valence-electron chi connectivity index (χ2n) is 11.9. The number of aliphatic hydroxyl groups excluding tert-OH is 1. The maximum atomic E-state index is 13.5. The van der Waals surface area contributed by atoms with E-state index in [9.17, 15) is 14.7 Å². The number of anilines is 2. The van der Waals surface area contributed by atoms with E-state index in [1.165, 1.54) is 0 Å². The van der Waals surface area contributed by atoms with E-state index in [1.807, 2.05) is 31.4 Å². The van der Waals surface area contributed by atoms with Gasteiger partial charge in [-0.05, 0) is 60.4 Å². The molecule has 11 heteroatoms. The van der Waals surface area contributed by atoms with Gasteiger partial charge in [0.1, 0.15) is 5.82 Å². The number of carbonyl (C=O) groups is 2. The quantitative estimate of drug-likeness (QED) is 0.283. The summed E-state index contributed by atoms with van der Waals surface area (Å²) in [6, 6.07) is 14.3. The van der Waals surface area contributed by atoms with E-state index in [4.69, 9.17) is 5.73 Å². The number of fused-ring (bicyclic) bond motifs is 1. The Morgan fingerprint density at radius 1 is 1.02 bits per heavy atom. The Kier molecular flexibility index (Phi) is 8.49. The number of rotatable bonds is 8. The first-order valence-corrected chi connectivity index (χ1v) is 15.2. The highest BCUT2D eigenvalue weighted by molar-refractivity contribution is 6.01. The van der Waals surface area contributed by atoms with Crippen LogP contribution in [0.15, 0.2) is 61.1 Å². The summed E-state index contributed by atoms with van der Waals surface area (Å²) in [6.07, 6.45) is 8.00. The van der Waals surface area contributed by atoms with Gasteiger partial charge in [-0.2, -0.15) is 5.10 Å². The highest BCUT2D eigenvalue weighted by Crippen LogP contribution is 2.28. The third-order valence-corrected chi connectivity index (χ3v) is 9.01. The largest absolute Gasteiger partial charge is 0.395 e. The van der Waals surface area contributed by atoms with Gasteiger partial charge in [0.2, 0.25) is 0 Å². The zero-order valence-corrected chi connectivity index (χ0v) is 25.3. The van der Waals surface area contributed by atoms with Gasteiger partial charge in [-0.25, -0.2) is 4.98 Å². The number of nitrogens with two attached hydrogens (primary N) is 1. The molecule has 0 spiro atoms. The molecular formula is C33H40N8O3. The van der Waals surface area contributed by atoms with Gasteiger partial charge in [0.15, 0.2) is 0 Å². The number of nitrogens with zero attached hydrogens (tertiary/aromatic N) is 6. The fourth-order valence-electron chi connectivity index (χ4n) is 6.36. The van der Waals surface area contributed by atoms with Crippen LogP contribution in [-0.4, -0.2) is 99.9 Å². The van der Waals surface area contributed by atoms with E-state index >= 15 is 0 Å². The van der Waals surface area contributed by atoms with Crippen LogP contribution in [0.3, 0.4) is 0 Å². The van der Waals surface area contributed by atoms with Gasteiger partial charge in [0, 0.05) is 93.7 Å². The Bertz CT molecular complexity index is 1660. The smallest absolute Gasteiger partial charge is 0.255 e. The van der Waals surface area contributed by atoms with Crippen molar-refractivity contribution < 1.29 is 14.7 Å². The van der Waals surface area contributed by atoms with Gasteiger partial charge in [0.25, 0.3) is 11.8 Å². The standard InChI is InChI=1S/C33H40N8O3/c1-38-20-26(19-36-38)25-17-30(31(34)35-18-25)32(43)37-27-7-12-41(21-27)33(44)24-4-3-23-16-29(6-5-22(23)15-24)39(2)28-8-10-40(11-9-28)13-14-42/h3-6,15-20,27-28,42H,7-14,21H2,1-2H3,(H2,34,35)(H,37,43)/t27-/m1/s1. The molecule has 11 nitrogen and oxygen atoms in total. The van der Waals surface area contributed by atoms with Crippen molar-refractivity contribution in [1.29, 1.82) is 0 Å². The maximum absolute atomic E-state index is 13.5. The van der Waals surface area contributed by atoms with Crippen molar-refractivity contribution in [3.63, 3.8) is 0 Å². The molecule has 44 heavy (non-hydrogen) atoms. The molecule has 2 aromatic carbocycles. The van der Waals surface area contributed by atoms with Gasteiger partial charge >= 0.3 is 0 Å². The van der Waals surface area contributed by atoms with Crippen LogP contribution in [0.1, 0.15) is 40.0 Å². The fraction of sp³-hybridized carbons (Fsp3) is 0.394. The Hall–Kier alpha value is -4.48. The van der Waals surface area contributed by atoms with Gasteiger partial charge in [-0.3, -0.25) is 14.3 Å². The molecule has 6 rings (SSSR count). The first-order valence-electron chi connectivity index (χ1n) is 15.2. The number of amides is 2. The summed E-state index contributed by atoms with van der Waals surface area (Å²) >= 11 is 0. The molecule has 1 atom stereocenters. The molecule has 230 valence electrons. The van der Waals surface area contributed by atoms with Crippen molar-refractivity contribution >= 4 is 34.1 Å². The van der Waals surface area contributed by atoms with Crippen LogP contribution in [-0.2, 0) is 7.05 Å². The minimum absolute atomic E-state index is 0.0424. The van der Waals surface area contributed by atoms with Crippen LogP contribution >= 0.6 is 0 Å². The normalized spacial score (nSPS) is 17.7. The molecule has 4 heterocycles. The third-order valence-electron chi connectivity index (χ3n) is 9.01. The van der Waals surface area contributed by atoms with Crippen LogP contribution in [0.25, 0.3) is 21.9 Å². The maximum Gasteiger partial charge on any atom is 0.255 e. The Morgan fingerprint density at radius 3 is 2.55 bits per heavy atom.